The average molecular weight is 354 g/mol. The number of nitrogens with one attached hydrogen (secondary N) is 3. The van der Waals surface area contributed by atoms with Gasteiger partial charge in [-0.1, -0.05) is 37.4 Å². The first kappa shape index (κ1) is 18.0. The van der Waals surface area contributed by atoms with Crippen molar-refractivity contribution in [1.82, 2.24) is 10.6 Å². The molecule has 2 rings (SSSR count). The van der Waals surface area contributed by atoms with Gasteiger partial charge in [-0.2, -0.15) is 0 Å². The number of rotatable bonds is 4. The molecule has 0 aromatic heterocycles. The lowest BCUT2D eigenvalue weighted by molar-refractivity contribution is -0.115. The number of benzene rings is 1. The minimum atomic E-state index is -0.142. The van der Waals surface area contributed by atoms with Crippen molar-refractivity contribution in [1.29, 1.82) is 0 Å². The van der Waals surface area contributed by atoms with Gasteiger partial charge in [0.25, 0.3) is 0 Å². The minimum absolute atomic E-state index is 0.138. The van der Waals surface area contributed by atoms with Gasteiger partial charge in [-0.15, -0.1) is 0 Å². The normalized spacial score (nSPS) is 20.7. The molecule has 0 heterocycles. The SMILES string of the molecule is Cc1c(Cl)cccc1NC(=O)CNC(=S)N[C@H]1CCCC[C@H]1C. The summed E-state index contributed by atoms with van der Waals surface area (Å²) in [5, 5.41) is 10.3. The average Bonchev–Trinajstić information content (AvgIpc) is 2.52. The Bertz CT molecular complexity index is 579. The van der Waals surface area contributed by atoms with Gasteiger partial charge in [-0.05, 0) is 55.6 Å². The molecule has 4 nitrogen and oxygen atoms in total. The minimum Gasteiger partial charge on any atom is -0.360 e. The van der Waals surface area contributed by atoms with Gasteiger partial charge in [-0.25, -0.2) is 0 Å². The number of carbonyl (C=O) groups excluding carboxylic acids is 1. The van der Waals surface area contributed by atoms with Gasteiger partial charge in [-0.3, -0.25) is 4.79 Å². The smallest absolute Gasteiger partial charge is 0.243 e. The summed E-state index contributed by atoms with van der Waals surface area (Å²) in [6, 6.07) is 5.85. The molecule has 0 spiro atoms. The van der Waals surface area contributed by atoms with E-state index in [0.29, 0.717) is 22.1 Å². The Hall–Kier alpha value is -1.33. The van der Waals surface area contributed by atoms with Crippen LogP contribution in [0.5, 0.6) is 0 Å². The van der Waals surface area contributed by atoms with Crippen LogP contribution >= 0.6 is 23.8 Å². The van der Waals surface area contributed by atoms with Crippen molar-refractivity contribution in [2.24, 2.45) is 5.92 Å². The topological polar surface area (TPSA) is 53.2 Å². The van der Waals surface area contributed by atoms with Gasteiger partial charge in [0.05, 0.1) is 6.54 Å². The predicted molar refractivity (Wildman–Crippen MR) is 100.0 cm³/mol. The number of halogens is 1. The van der Waals surface area contributed by atoms with Crippen molar-refractivity contribution >= 4 is 40.5 Å². The van der Waals surface area contributed by atoms with Crippen LogP contribution in [0, 0.1) is 12.8 Å². The summed E-state index contributed by atoms with van der Waals surface area (Å²) < 4.78 is 0. The molecule has 1 aliphatic rings. The zero-order chi connectivity index (χ0) is 16.8. The van der Waals surface area contributed by atoms with Crippen LogP contribution in [-0.2, 0) is 4.79 Å². The molecule has 0 saturated heterocycles. The van der Waals surface area contributed by atoms with E-state index < -0.39 is 0 Å². The Morgan fingerprint density at radius 1 is 1.35 bits per heavy atom. The molecule has 1 aromatic carbocycles. The van der Waals surface area contributed by atoms with Crippen LogP contribution in [0.1, 0.15) is 38.2 Å². The van der Waals surface area contributed by atoms with E-state index in [1.807, 2.05) is 19.1 Å². The number of hydrogen-bond acceptors (Lipinski definition) is 2. The number of carbonyl (C=O) groups is 1. The first-order chi connectivity index (χ1) is 11.0. The Kier molecular flexibility index (Phi) is 6.66. The molecule has 1 aliphatic carbocycles. The van der Waals surface area contributed by atoms with E-state index in [-0.39, 0.29) is 12.5 Å². The van der Waals surface area contributed by atoms with E-state index in [9.17, 15) is 4.79 Å². The molecule has 2 atom stereocenters. The molecule has 0 unspecified atom stereocenters. The third-order valence-corrected chi connectivity index (χ3v) is 5.05. The summed E-state index contributed by atoms with van der Waals surface area (Å²) >= 11 is 11.3. The van der Waals surface area contributed by atoms with E-state index in [1.165, 1.54) is 19.3 Å². The maximum absolute atomic E-state index is 12.0. The van der Waals surface area contributed by atoms with Gasteiger partial charge < -0.3 is 16.0 Å². The van der Waals surface area contributed by atoms with Crippen LogP contribution in [0.25, 0.3) is 0 Å². The molecule has 0 aliphatic heterocycles. The zero-order valence-corrected chi connectivity index (χ0v) is 15.2. The standard InChI is InChI=1S/C17H24ClN3OS/c1-11-6-3-4-8-14(11)21-17(23)19-10-16(22)20-15-9-5-7-13(18)12(15)2/h5,7,9,11,14H,3-4,6,8,10H2,1-2H3,(H,20,22)(H2,19,21,23)/t11-,14+/m1/s1. The highest BCUT2D eigenvalue weighted by Gasteiger charge is 2.21. The lowest BCUT2D eigenvalue weighted by Crippen LogP contribution is -2.47. The molecular formula is C17H24ClN3OS. The van der Waals surface area contributed by atoms with Gasteiger partial charge in [0.2, 0.25) is 5.91 Å². The fourth-order valence-corrected chi connectivity index (χ4v) is 3.25. The second-order valence-electron chi connectivity index (χ2n) is 6.16. The quantitative estimate of drug-likeness (QED) is 0.723. The Labute approximate surface area is 148 Å². The van der Waals surface area contributed by atoms with Crippen molar-refractivity contribution in [3.8, 4) is 0 Å². The Morgan fingerprint density at radius 2 is 2.09 bits per heavy atom. The monoisotopic (exact) mass is 353 g/mol. The molecule has 6 heteroatoms. The van der Waals surface area contributed by atoms with Crippen LogP contribution in [0.3, 0.4) is 0 Å². The highest BCUT2D eigenvalue weighted by molar-refractivity contribution is 7.80. The number of thiocarbonyl (C=S) groups is 1. The summed E-state index contributed by atoms with van der Waals surface area (Å²) in [5.74, 6) is 0.475. The second-order valence-corrected chi connectivity index (χ2v) is 6.97. The predicted octanol–water partition coefficient (Wildman–Crippen LogP) is 3.63. The number of hydrogen-bond donors (Lipinski definition) is 3. The lowest BCUT2D eigenvalue weighted by Gasteiger charge is -2.30. The van der Waals surface area contributed by atoms with Crippen LogP contribution in [0.15, 0.2) is 18.2 Å². The Balaban J connectivity index is 1.77. The molecule has 23 heavy (non-hydrogen) atoms. The van der Waals surface area contributed by atoms with Crippen molar-refractivity contribution in [2.75, 3.05) is 11.9 Å². The van der Waals surface area contributed by atoms with Crippen LogP contribution in [0.4, 0.5) is 5.69 Å². The van der Waals surface area contributed by atoms with Gasteiger partial charge >= 0.3 is 0 Å². The fourth-order valence-electron chi connectivity index (χ4n) is 2.85. The molecule has 0 bridgehead atoms. The van der Waals surface area contributed by atoms with Crippen molar-refractivity contribution in [2.45, 2.75) is 45.6 Å². The van der Waals surface area contributed by atoms with E-state index in [4.69, 9.17) is 23.8 Å². The van der Waals surface area contributed by atoms with Gasteiger partial charge in [0, 0.05) is 16.8 Å². The molecule has 126 valence electrons. The lowest BCUT2D eigenvalue weighted by atomic mass is 9.86. The van der Waals surface area contributed by atoms with E-state index >= 15 is 0 Å². The maximum atomic E-state index is 12.0. The van der Waals surface area contributed by atoms with Crippen LogP contribution < -0.4 is 16.0 Å². The summed E-state index contributed by atoms with van der Waals surface area (Å²) in [4.78, 5) is 12.0. The number of anilines is 1. The van der Waals surface area contributed by atoms with E-state index in [2.05, 4.69) is 22.9 Å². The molecular weight excluding hydrogens is 330 g/mol. The third kappa shape index (κ3) is 5.36. The summed E-state index contributed by atoms with van der Waals surface area (Å²) in [7, 11) is 0. The fraction of sp³-hybridized carbons (Fsp3) is 0.529. The summed E-state index contributed by atoms with van der Waals surface area (Å²) in [5.41, 5.74) is 1.59. The highest BCUT2D eigenvalue weighted by Crippen LogP contribution is 2.24. The molecule has 1 aromatic rings. The molecule has 0 radical (unpaired) electrons. The highest BCUT2D eigenvalue weighted by atomic mass is 35.5. The third-order valence-electron chi connectivity index (χ3n) is 4.38. The molecule has 1 saturated carbocycles. The van der Waals surface area contributed by atoms with Crippen LogP contribution in [0.2, 0.25) is 5.02 Å². The summed E-state index contributed by atoms with van der Waals surface area (Å²) in [6.07, 6.45) is 4.89. The molecule has 1 amide bonds. The second kappa shape index (κ2) is 8.50. The van der Waals surface area contributed by atoms with E-state index in [1.54, 1.807) is 6.07 Å². The largest absolute Gasteiger partial charge is 0.360 e. The molecule has 1 fully saturated rings. The first-order valence-corrected chi connectivity index (χ1v) is 8.85. The van der Waals surface area contributed by atoms with E-state index in [0.717, 1.165) is 17.7 Å². The summed E-state index contributed by atoms with van der Waals surface area (Å²) in [6.45, 7) is 4.26. The van der Waals surface area contributed by atoms with Gasteiger partial charge in [0.1, 0.15) is 0 Å². The van der Waals surface area contributed by atoms with Gasteiger partial charge in [0.15, 0.2) is 5.11 Å². The molecule has 3 N–H and O–H groups in total. The zero-order valence-electron chi connectivity index (χ0n) is 13.6. The number of amides is 1. The maximum Gasteiger partial charge on any atom is 0.243 e. The first-order valence-electron chi connectivity index (χ1n) is 8.06. The van der Waals surface area contributed by atoms with Crippen molar-refractivity contribution in [3.05, 3.63) is 28.8 Å². The van der Waals surface area contributed by atoms with Crippen LogP contribution in [-0.4, -0.2) is 23.6 Å². The van der Waals surface area contributed by atoms with Crippen molar-refractivity contribution in [3.63, 3.8) is 0 Å². The Morgan fingerprint density at radius 3 is 2.83 bits per heavy atom. The van der Waals surface area contributed by atoms with Crippen molar-refractivity contribution < 1.29 is 4.79 Å².